The molecule has 0 radical (unpaired) electrons. The predicted octanol–water partition coefficient (Wildman–Crippen LogP) is 1.20. The van der Waals surface area contributed by atoms with E-state index in [1.165, 1.54) is 23.5 Å². The molecule has 0 unspecified atom stereocenters. The topological polar surface area (TPSA) is 75.1 Å². The van der Waals surface area contributed by atoms with Gasteiger partial charge in [-0.3, -0.25) is 10.1 Å². The van der Waals surface area contributed by atoms with Crippen LogP contribution in [0, 0.1) is 5.82 Å². The SMILES string of the molecule is O=C(CO)Nc1nnc(Cc2ccc(F)cc2)s1. The summed E-state index contributed by atoms with van der Waals surface area (Å²) in [6.45, 7) is -0.590. The molecule has 2 aromatic rings. The van der Waals surface area contributed by atoms with Gasteiger partial charge in [-0.05, 0) is 17.7 Å². The average molecular weight is 267 g/mol. The highest BCUT2D eigenvalue weighted by molar-refractivity contribution is 7.15. The van der Waals surface area contributed by atoms with Gasteiger partial charge in [-0.15, -0.1) is 10.2 Å². The highest BCUT2D eigenvalue weighted by Crippen LogP contribution is 2.18. The van der Waals surface area contributed by atoms with E-state index in [9.17, 15) is 9.18 Å². The zero-order chi connectivity index (χ0) is 13.0. The molecule has 18 heavy (non-hydrogen) atoms. The summed E-state index contributed by atoms with van der Waals surface area (Å²) in [7, 11) is 0. The van der Waals surface area contributed by atoms with E-state index in [-0.39, 0.29) is 5.82 Å². The van der Waals surface area contributed by atoms with Crippen molar-refractivity contribution in [3.05, 3.63) is 40.7 Å². The van der Waals surface area contributed by atoms with Crippen LogP contribution >= 0.6 is 11.3 Å². The zero-order valence-electron chi connectivity index (χ0n) is 9.26. The van der Waals surface area contributed by atoms with Gasteiger partial charge >= 0.3 is 0 Å². The number of rotatable bonds is 4. The van der Waals surface area contributed by atoms with Crippen molar-refractivity contribution in [1.29, 1.82) is 0 Å². The molecule has 0 aliphatic heterocycles. The normalized spacial score (nSPS) is 10.3. The molecule has 0 aliphatic rings. The van der Waals surface area contributed by atoms with Crippen LogP contribution in [-0.4, -0.2) is 27.8 Å². The molecule has 2 rings (SSSR count). The minimum Gasteiger partial charge on any atom is -0.387 e. The first kappa shape index (κ1) is 12.6. The van der Waals surface area contributed by atoms with Gasteiger partial charge in [-0.2, -0.15) is 0 Å². The number of carbonyl (C=O) groups excluding carboxylic acids is 1. The summed E-state index contributed by atoms with van der Waals surface area (Å²) in [6.07, 6.45) is 0.521. The fraction of sp³-hybridized carbons (Fsp3) is 0.182. The fourth-order valence-corrected chi connectivity index (χ4v) is 2.10. The highest BCUT2D eigenvalue weighted by Gasteiger charge is 2.07. The van der Waals surface area contributed by atoms with E-state index in [4.69, 9.17) is 5.11 Å². The Labute approximate surface area is 106 Å². The molecule has 0 spiro atoms. The van der Waals surface area contributed by atoms with Crippen LogP contribution in [0.3, 0.4) is 0 Å². The van der Waals surface area contributed by atoms with Gasteiger partial charge in [0.1, 0.15) is 17.4 Å². The molecule has 5 nitrogen and oxygen atoms in total. The van der Waals surface area contributed by atoms with Crippen LogP contribution in [0.2, 0.25) is 0 Å². The van der Waals surface area contributed by atoms with Crippen LogP contribution in [0.5, 0.6) is 0 Å². The maximum atomic E-state index is 12.7. The lowest BCUT2D eigenvalue weighted by Gasteiger charge is -1.96. The molecule has 0 bridgehead atoms. The number of anilines is 1. The lowest BCUT2D eigenvalue weighted by atomic mass is 10.2. The van der Waals surface area contributed by atoms with Crippen LogP contribution in [0.4, 0.5) is 9.52 Å². The van der Waals surface area contributed by atoms with Crippen LogP contribution in [-0.2, 0) is 11.2 Å². The van der Waals surface area contributed by atoms with Gasteiger partial charge in [0.25, 0.3) is 5.91 Å². The number of aliphatic hydroxyl groups excluding tert-OH is 1. The molecular formula is C11H10FN3O2S. The van der Waals surface area contributed by atoms with Crippen LogP contribution < -0.4 is 5.32 Å². The highest BCUT2D eigenvalue weighted by atomic mass is 32.1. The molecule has 1 aromatic carbocycles. The number of carbonyl (C=O) groups is 1. The Bertz CT molecular complexity index is 541. The molecule has 0 saturated carbocycles. The van der Waals surface area contributed by atoms with Crippen molar-refractivity contribution in [2.45, 2.75) is 6.42 Å². The van der Waals surface area contributed by atoms with Crippen molar-refractivity contribution in [2.75, 3.05) is 11.9 Å². The smallest absolute Gasteiger partial charge is 0.251 e. The van der Waals surface area contributed by atoms with Gasteiger partial charge in [0, 0.05) is 6.42 Å². The van der Waals surface area contributed by atoms with Gasteiger partial charge in [0.05, 0.1) is 0 Å². The lowest BCUT2D eigenvalue weighted by molar-refractivity contribution is -0.118. The molecule has 0 atom stereocenters. The number of hydrogen-bond donors (Lipinski definition) is 2. The van der Waals surface area contributed by atoms with Crippen LogP contribution in [0.1, 0.15) is 10.6 Å². The Morgan fingerprint density at radius 3 is 2.72 bits per heavy atom. The van der Waals surface area contributed by atoms with E-state index in [1.807, 2.05) is 0 Å². The Hall–Kier alpha value is -1.86. The quantitative estimate of drug-likeness (QED) is 0.872. The molecule has 2 N–H and O–H groups in total. The van der Waals surface area contributed by atoms with Gasteiger partial charge in [-0.1, -0.05) is 23.5 Å². The van der Waals surface area contributed by atoms with Crippen molar-refractivity contribution in [1.82, 2.24) is 10.2 Å². The maximum Gasteiger partial charge on any atom is 0.251 e. The number of amides is 1. The van der Waals surface area contributed by atoms with E-state index in [2.05, 4.69) is 15.5 Å². The largest absolute Gasteiger partial charge is 0.387 e. The van der Waals surface area contributed by atoms with Crippen molar-refractivity contribution >= 4 is 22.4 Å². The van der Waals surface area contributed by atoms with Crippen molar-refractivity contribution < 1.29 is 14.3 Å². The Kier molecular flexibility index (Phi) is 3.96. The Morgan fingerprint density at radius 2 is 2.06 bits per heavy atom. The third-order valence-corrected chi connectivity index (χ3v) is 2.96. The zero-order valence-corrected chi connectivity index (χ0v) is 10.1. The second-order valence-electron chi connectivity index (χ2n) is 3.51. The summed E-state index contributed by atoms with van der Waals surface area (Å²) in [4.78, 5) is 10.9. The van der Waals surface area contributed by atoms with Crippen LogP contribution in [0.15, 0.2) is 24.3 Å². The molecule has 0 saturated heterocycles. The first-order valence-electron chi connectivity index (χ1n) is 5.15. The first-order valence-corrected chi connectivity index (χ1v) is 5.96. The second-order valence-corrected chi connectivity index (χ2v) is 4.57. The van der Waals surface area contributed by atoms with E-state index >= 15 is 0 Å². The monoisotopic (exact) mass is 267 g/mol. The number of aliphatic hydroxyl groups is 1. The van der Waals surface area contributed by atoms with E-state index in [1.54, 1.807) is 12.1 Å². The molecular weight excluding hydrogens is 257 g/mol. The molecule has 7 heteroatoms. The number of nitrogens with zero attached hydrogens (tertiary/aromatic N) is 2. The number of benzene rings is 1. The van der Waals surface area contributed by atoms with E-state index in [0.29, 0.717) is 16.6 Å². The van der Waals surface area contributed by atoms with Crippen molar-refractivity contribution in [3.8, 4) is 0 Å². The summed E-state index contributed by atoms with van der Waals surface area (Å²) in [6, 6.07) is 6.10. The minimum absolute atomic E-state index is 0.285. The molecule has 0 aliphatic carbocycles. The van der Waals surface area contributed by atoms with Gasteiger partial charge in [0.2, 0.25) is 5.13 Å². The Morgan fingerprint density at radius 1 is 1.33 bits per heavy atom. The average Bonchev–Trinajstić information content (AvgIpc) is 2.79. The third-order valence-electron chi connectivity index (χ3n) is 2.13. The summed E-state index contributed by atoms with van der Waals surface area (Å²) in [5.41, 5.74) is 0.910. The molecule has 1 amide bonds. The number of nitrogens with one attached hydrogen (secondary N) is 1. The second kappa shape index (κ2) is 5.65. The Balaban J connectivity index is 2.02. The number of aromatic nitrogens is 2. The van der Waals surface area contributed by atoms with Crippen LogP contribution in [0.25, 0.3) is 0 Å². The third kappa shape index (κ3) is 3.31. The van der Waals surface area contributed by atoms with E-state index < -0.39 is 12.5 Å². The van der Waals surface area contributed by atoms with Gasteiger partial charge in [-0.25, -0.2) is 4.39 Å². The summed E-state index contributed by atoms with van der Waals surface area (Å²) in [5, 5.41) is 19.7. The number of halogens is 1. The molecule has 1 heterocycles. The van der Waals surface area contributed by atoms with Gasteiger partial charge in [0.15, 0.2) is 0 Å². The molecule has 1 aromatic heterocycles. The standard InChI is InChI=1S/C11H10FN3O2S/c12-8-3-1-7(2-4-8)5-10-14-15-11(18-10)13-9(17)6-16/h1-4,16H,5-6H2,(H,13,15,17). The van der Waals surface area contributed by atoms with E-state index in [0.717, 1.165) is 5.56 Å². The first-order chi connectivity index (χ1) is 8.67. The van der Waals surface area contributed by atoms with Gasteiger partial charge < -0.3 is 5.11 Å². The summed E-state index contributed by atoms with van der Waals surface area (Å²) >= 11 is 1.22. The summed E-state index contributed by atoms with van der Waals surface area (Å²) in [5.74, 6) is -0.814. The fourth-order valence-electron chi connectivity index (χ4n) is 1.31. The minimum atomic E-state index is -0.590. The predicted molar refractivity (Wildman–Crippen MR) is 64.8 cm³/mol. The maximum absolute atomic E-state index is 12.7. The van der Waals surface area contributed by atoms with Crippen molar-refractivity contribution in [2.24, 2.45) is 0 Å². The molecule has 94 valence electrons. The molecule has 0 fully saturated rings. The van der Waals surface area contributed by atoms with Crippen molar-refractivity contribution in [3.63, 3.8) is 0 Å². The lowest BCUT2D eigenvalue weighted by Crippen LogP contribution is -2.15. The number of hydrogen-bond acceptors (Lipinski definition) is 5. The summed E-state index contributed by atoms with van der Waals surface area (Å²) < 4.78 is 12.7.